The Bertz CT molecular complexity index is 956. The van der Waals surface area contributed by atoms with Gasteiger partial charge in [-0.1, -0.05) is 24.3 Å². The highest BCUT2D eigenvalue weighted by Crippen LogP contribution is 2.30. The second-order valence-corrected chi connectivity index (χ2v) is 5.16. The third-order valence-corrected chi connectivity index (χ3v) is 3.74. The summed E-state index contributed by atoms with van der Waals surface area (Å²) in [7, 11) is 0. The molecule has 4 aromatic rings. The van der Waals surface area contributed by atoms with Crippen molar-refractivity contribution >= 4 is 5.65 Å². The van der Waals surface area contributed by atoms with Crippen LogP contribution < -0.4 is 0 Å². The van der Waals surface area contributed by atoms with Crippen LogP contribution in [0.2, 0.25) is 0 Å². The minimum atomic E-state index is 0.831. The molecule has 0 aliphatic heterocycles. The number of fused-ring (bicyclic) bond motifs is 1. The van der Waals surface area contributed by atoms with Crippen LogP contribution in [-0.4, -0.2) is 19.6 Å². The zero-order valence-corrected chi connectivity index (χ0v) is 12.1. The van der Waals surface area contributed by atoms with Crippen molar-refractivity contribution in [3.8, 4) is 22.5 Å². The van der Waals surface area contributed by atoms with Crippen molar-refractivity contribution in [3.63, 3.8) is 0 Å². The Morgan fingerprint density at radius 1 is 0.864 bits per heavy atom. The SMILES string of the molecule is Cc1ccccc1-c1ncccc1-c1ccn2nccc2n1. The second-order valence-electron chi connectivity index (χ2n) is 5.16. The molecule has 1 aromatic carbocycles. The topological polar surface area (TPSA) is 43.1 Å². The van der Waals surface area contributed by atoms with E-state index in [0.717, 1.165) is 28.2 Å². The highest BCUT2D eigenvalue weighted by atomic mass is 15.2. The first-order valence-corrected chi connectivity index (χ1v) is 7.15. The number of benzene rings is 1. The quantitative estimate of drug-likeness (QED) is 0.563. The molecule has 0 atom stereocenters. The minimum Gasteiger partial charge on any atom is -0.256 e. The summed E-state index contributed by atoms with van der Waals surface area (Å²) in [5, 5.41) is 4.19. The largest absolute Gasteiger partial charge is 0.256 e. The van der Waals surface area contributed by atoms with Crippen LogP contribution in [0.15, 0.2) is 67.1 Å². The van der Waals surface area contributed by atoms with Gasteiger partial charge in [0.2, 0.25) is 0 Å². The van der Waals surface area contributed by atoms with Crippen molar-refractivity contribution in [1.29, 1.82) is 0 Å². The summed E-state index contributed by atoms with van der Waals surface area (Å²) in [6.07, 6.45) is 5.49. The summed E-state index contributed by atoms with van der Waals surface area (Å²) in [6.45, 7) is 2.10. The maximum atomic E-state index is 4.68. The van der Waals surface area contributed by atoms with E-state index in [9.17, 15) is 0 Å². The Balaban J connectivity index is 1.94. The van der Waals surface area contributed by atoms with E-state index in [4.69, 9.17) is 0 Å². The number of pyridine rings is 1. The molecule has 4 heteroatoms. The van der Waals surface area contributed by atoms with Gasteiger partial charge in [-0.25, -0.2) is 9.50 Å². The molecule has 0 radical (unpaired) electrons. The lowest BCUT2D eigenvalue weighted by molar-refractivity contribution is 0.941. The minimum absolute atomic E-state index is 0.831. The van der Waals surface area contributed by atoms with E-state index >= 15 is 0 Å². The Morgan fingerprint density at radius 3 is 2.64 bits per heavy atom. The van der Waals surface area contributed by atoms with Gasteiger partial charge in [-0.05, 0) is 30.7 Å². The van der Waals surface area contributed by atoms with E-state index in [-0.39, 0.29) is 0 Å². The third kappa shape index (κ3) is 2.05. The van der Waals surface area contributed by atoms with E-state index in [0.29, 0.717) is 0 Å². The Morgan fingerprint density at radius 2 is 1.73 bits per heavy atom. The van der Waals surface area contributed by atoms with Crippen LogP contribution in [0.5, 0.6) is 0 Å². The van der Waals surface area contributed by atoms with Gasteiger partial charge in [0, 0.05) is 29.6 Å². The van der Waals surface area contributed by atoms with Crippen LogP contribution in [0.4, 0.5) is 0 Å². The Hall–Kier alpha value is -3.01. The molecule has 3 heterocycles. The summed E-state index contributed by atoms with van der Waals surface area (Å²) in [6, 6.07) is 16.1. The van der Waals surface area contributed by atoms with E-state index in [2.05, 4.69) is 40.2 Å². The van der Waals surface area contributed by atoms with Crippen molar-refractivity contribution in [3.05, 3.63) is 72.7 Å². The van der Waals surface area contributed by atoms with Gasteiger partial charge in [0.15, 0.2) is 5.65 Å². The van der Waals surface area contributed by atoms with Gasteiger partial charge in [0.1, 0.15) is 0 Å². The van der Waals surface area contributed by atoms with Crippen LogP contribution >= 0.6 is 0 Å². The molecule has 0 aliphatic rings. The van der Waals surface area contributed by atoms with Crippen LogP contribution in [-0.2, 0) is 0 Å². The number of aromatic nitrogens is 4. The molecule has 22 heavy (non-hydrogen) atoms. The Kier molecular flexibility index (Phi) is 2.93. The molecule has 4 nitrogen and oxygen atoms in total. The normalized spacial score (nSPS) is 11.0. The first kappa shape index (κ1) is 12.7. The summed E-state index contributed by atoms with van der Waals surface area (Å²) < 4.78 is 1.76. The molecule has 0 N–H and O–H groups in total. The molecule has 0 saturated carbocycles. The predicted molar refractivity (Wildman–Crippen MR) is 86.4 cm³/mol. The summed E-state index contributed by atoms with van der Waals surface area (Å²) in [4.78, 5) is 9.27. The third-order valence-electron chi connectivity index (χ3n) is 3.74. The summed E-state index contributed by atoms with van der Waals surface area (Å²) in [5.74, 6) is 0. The fraction of sp³-hybridized carbons (Fsp3) is 0.0556. The zero-order valence-electron chi connectivity index (χ0n) is 12.1. The maximum Gasteiger partial charge on any atom is 0.155 e. The standard InChI is InChI=1S/C18H14N4/c1-13-5-2-3-6-14(13)18-15(7-4-10-19-18)16-9-12-22-17(21-16)8-11-20-22/h2-12H,1H3. The predicted octanol–water partition coefficient (Wildman–Crippen LogP) is 3.77. The van der Waals surface area contributed by atoms with Gasteiger partial charge in [0.05, 0.1) is 17.6 Å². The molecule has 106 valence electrons. The lowest BCUT2D eigenvalue weighted by atomic mass is 9.99. The summed E-state index contributed by atoms with van der Waals surface area (Å²) in [5.41, 5.74) is 6.05. The Labute approximate surface area is 128 Å². The number of hydrogen-bond acceptors (Lipinski definition) is 3. The average Bonchev–Trinajstić information content (AvgIpc) is 3.03. The molecule has 0 fully saturated rings. The van der Waals surface area contributed by atoms with Gasteiger partial charge < -0.3 is 0 Å². The van der Waals surface area contributed by atoms with E-state index in [1.807, 2.05) is 42.7 Å². The molecule has 0 aliphatic carbocycles. The molecule has 0 bridgehead atoms. The molecule has 0 spiro atoms. The van der Waals surface area contributed by atoms with Gasteiger partial charge in [0.25, 0.3) is 0 Å². The zero-order chi connectivity index (χ0) is 14.9. The molecule has 4 rings (SSSR count). The lowest BCUT2D eigenvalue weighted by Crippen LogP contribution is -1.95. The van der Waals surface area contributed by atoms with Gasteiger partial charge in [-0.2, -0.15) is 5.10 Å². The molecular formula is C18H14N4. The van der Waals surface area contributed by atoms with Crippen molar-refractivity contribution in [2.45, 2.75) is 6.92 Å². The van der Waals surface area contributed by atoms with Crippen molar-refractivity contribution in [1.82, 2.24) is 19.6 Å². The maximum absolute atomic E-state index is 4.68. The van der Waals surface area contributed by atoms with E-state index in [1.165, 1.54) is 5.56 Å². The number of nitrogens with zero attached hydrogens (tertiary/aromatic N) is 4. The lowest BCUT2D eigenvalue weighted by Gasteiger charge is -2.10. The summed E-state index contributed by atoms with van der Waals surface area (Å²) >= 11 is 0. The van der Waals surface area contributed by atoms with Crippen LogP contribution in [0.1, 0.15) is 5.56 Å². The van der Waals surface area contributed by atoms with E-state index < -0.39 is 0 Å². The van der Waals surface area contributed by atoms with Crippen LogP contribution in [0.3, 0.4) is 0 Å². The monoisotopic (exact) mass is 286 g/mol. The molecule has 0 saturated heterocycles. The molecule has 0 amide bonds. The number of rotatable bonds is 2. The fourth-order valence-electron chi connectivity index (χ4n) is 2.63. The molecule has 3 aromatic heterocycles. The van der Waals surface area contributed by atoms with Crippen molar-refractivity contribution in [2.75, 3.05) is 0 Å². The van der Waals surface area contributed by atoms with Crippen molar-refractivity contribution in [2.24, 2.45) is 0 Å². The first-order valence-electron chi connectivity index (χ1n) is 7.15. The van der Waals surface area contributed by atoms with E-state index in [1.54, 1.807) is 10.7 Å². The van der Waals surface area contributed by atoms with Crippen molar-refractivity contribution < 1.29 is 0 Å². The van der Waals surface area contributed by atoms with Crippen LogP contribution in [0.25, 0.3) is 28.2 Å². The van der Waals surface area contributed by atoms with Crippen LogP contribution in [0, 0.1) is 6.92 Å². The molecular weight excluding hydrogens is 272 g/mol. The number of aryl methyl sites for hydroxylation is 1. The number of hydrogen-bond donors (Lipinski definition) is 0. The van der Waals surface area contributed by atoms with Gasteiger partial charge in [-0.15, -0.1) is 0 Å². The second kappa shape index (κ2) is 5.07. The average molecular weight is 286 g/mol. The highest BCUT2D eigenvalue weighted by Gasteiger charge is 2.11. The van der Waals surface area contributed by atoms with Gasteiger partial charge >= 0.3 is 0 Å². The smallest absolute Gasteiger partial charge is 0.155 e. The first-order chi connectivity index (χ1) is 10.8. The van der Waals surface area contributed by atoms with Gasteiger partial charge in [-0.3, -0.25) is 4.98 Å². The molecule has 0 unspecified atom stereocenters. The fourth-order valence-corrected chi connectivity index (χ4v) is 2.63. The highest BCUT2D eigenvalue weighted by molar-refractivity contribution is 5.80.